The molecule has 1 N–H and O–H groups in total. The summed E-state index contributed by atoms with van der Waals surface area (Å²) >= 11 is 0. The van der Waals surface area contributed by atoms with Crippen LogP contribution in [0.1, 0.15) is 0 Å². The summed E-state index contributed by atoms with van der Waals surface area (Å²) in [6.45, 7) is 4.55. The molecule has 0 amide bonds. The van der Waals surface area contributed by atoms with Crippen LogP contribution in [0.15, 0.2) is 36.6 Å². The van der Waals surface area contributed by atoms with Gasteiger partial charge in [0.2, 0.25) is 0 Å². The van der Waals surface area contributed by atoms with E-state index >= 15 is 0 Å². The Labute approximate surface area is 126 Å². The van der Waals surface area contributed by atoms with Crippen molar-refractivity contribution in [2.24, 2.45) is 0 Å². The zero-order valence-corrected chi connectivity index (χ0v) is 13.3. The van der Waals surface area contributed by atoms with E-state index in [4.69, 9.17) is 0 Å². The number of aromatic amines is 1. The van der Waals surface area contributed by atoms with Crippen molar-refractivity contribution >= 4 is 13.6 Å². The van der Waals surface area contributed by atoms with Crippen LogP contribution in [0.25, 0.3) is 0 Å². The average Bonchev–Trinajstić information content (AvgIpc) is 2.82. The summed E-state index contributed by atoms with van der Waals surface area (Å²) in [5.74, 6) is 0. The van der Waals surface area contributed by atoms with Crippen molar-refractivity contribution in [3.63, 3.8) is 0 Å². The molecule has 0 fully saturated rings. The van der Waals surface area contributed by atoms with Crippen LogP contribution < -0.4 is 24.8 Å². The predicted octanol–water partition coefficient (Wildman–Crippen LogP) is -3.76. The van der Waals surface area contributed by atoms with Crippen LogP contribution in [0, 0.1) is 12.3 Å². The second-order valence-corrected chi connectivity index (χ2v) is 5.44. The first-order valence-electron chi connectivity index (χ1n) is 4.24. The van der Waals surface area contributed by atoms with Gasteiger partial charge < -0.3 is 29.8 Å². The molecule has 0 bridgehead atoms. The number of rotatable bonds is 0. The van der Waals surface area contributed by atoms with Crippen LogP contribution in [0.5, 0.6) is 0 Å². The van der Waals surface area contributed by atoms with E-state index in [1.807, 2.05) is 30.5 Å². The minimum Gasteiger partial charge on any atom is -1.00 e. The molecule has 1 aromatic rings. The number of halogens is 2. The molecular formula is C11H13Cl2NSiTi. The third-order valence-electron chi connectivity index (χ3n) is 1.58. The van der Waals surface area contributed by atoms with Crippen molar-refractivity contribution in [2.45, 2.75) is 13.1 Å². The second kappa shape index (κ2) is 13.2. The minimum atomic E-state index is -0.225. The van der Waals surface area contributed by atoms with Gasteiger partial charge in [0, 0.05) is 0 Å². The van der Waals surface area contributed by atoms with Gasteiger partial charge in [0.05, 0.1) is 0 Å². The maximum absolute atomic E-state index is 3.18. The molecule has 1 nitrogen and oxygen atoms in total. The van der Waals surface area contributed by atoms with Gasteiger partial charge in [-0.05, 0) is 8.41 Å². The van der Waals surface area contributed by atoms with Crippen molar-refractivity contribution in [3.05, 3.63) is 48.8 Å². The Hall–Kier alpha value is 0.141. The Morgan fingerprint density at radius 2 is 1.94 bits per heavy atom. The maximum Gasteiger partial charge on any atom is 4.00 e. The summed E-state index contributed by atoms with van der Waals surface area (Å²) in [6.07, 6.45) is 13.9. The van der Waals surface area contributed by atoms with E-state index in [0.29, 0.717) is 0 Å². The van der Waals surface area contributed by atoms with Crippen molar-refractivity contribution in [1.82, 2.24) is 4.98 Å². The SMILES string of the molecule is C[Si](C)=C1[C-]=CC=C1.[Cl-].[Cl-].[Ti+4].[c-]1ccc[nH]1. The molecule has 1 aliphatic carbocycles. The Kier molecular flexibility index (Phi) is 17.7. The van der Waals surface area contributed by atoms with Crippen molar-refractivity contribution in [3.8, 4) is 0 Å². The van der Waals surface area contributed by atoms with Crippen LogP contribution in [-0.4, -0.2) is 18.6 Å². The van der Waals surface area contributed by atoms with E-state index in [2.05, 4.69) is 36.4 Å². The summed E-state index contributed by atoms with van der Waals surface area (Å²) in [4.78, 5) is 2.74. The number of H-pyrrole nitrogens is 1. The van der Waals surface area contributed by atoms with Gasteiger partial charge in [-0.25, -0.2) is 12.2 Å². The first kappa shape index (κ1) is 21.4. The number of allylic oxidation sites excluding steroid dienone is 4. The zero-order valence-electron chi connectivity index (χ0n) is 9.22. The molecule has 0 atom stereocenters. The number of aromatic nitrogens is 1. The molecule has 0 unspecified atom stereocenters. The van der Waals surface area contributed by atoms with E-state index in [-0.39, 0.29) is 54.9 Å². The van der Waals surface area contributed by atoms with Gasteiger partial charge >= 0.3 is 21.7 Å². The van der Waals surface area contributed by atoms with Gasteiger partial charge in [-0.2, -0.15) is 35.7 Å². The quantitative estimate of drug-likeness (QED) is 0.374. The molecule has 16 heavy (non-hydrogen) atoms. The fraction of sp³-hybridized carbons (Fsp3) is 0.182. The maximum atomic E-state index is 3.18. The first-order valence-corrected chi connectivity index (χ1v) is 6.74. The average molecular weight is 306 g/mol. The summed E-state index contributed by atoms with van der Waals surface area (Å²) in [5, 5.41) is 1.41. The van der Waals surface area contributed by atoms with E-state index in [9.17, 15) is 0 Å². The summed E-state index contributed by atoms with van der Waals surface area (Å²) in [5.41, 5.74) is 0. The molecular weight excluding hydrogens is 293 g/mol. The molecule has 1 aromatic heterocycles. The molecule has 0 saturated carbocycles. The Balaban J connectivity index is -0.000000189. The molecule has 2 rings (SSSR count). The predicted molar refractivity (Wildman–Crippen MR) is 59.1 cm³/mol. The van der Waals surface area contributed by atoms with Crippen molar-refractivity contribution in [2.75, 3.05) is 0 Å². The molecule has 84 valence electrons. The summed E-state index contributed by atoms with van der Waals surface area (Å²) < 4.78 is 0. The fourth-order valence-electron chi connectivity index (χ4n) is 0.882. The van der Waals surface area contributed by atoms with Crippen LogP contribution in [-0.2, 0) is 21.7 Å². The van der Waals surface area contributed by atoms with Crippen LogP contribution in [0.3, 0.4) is 0 Å². The van der Waals surface area contributed by atoms with Gasteiger partial charge in [-0.1, -0.05) is 13.1 Å². The normalized spacial score (nSPS) is 10.2. The molecule has 0 spiro atoms. The molecule has 0 saturated heterocycles. The van der Waals surface area contributed by atoms with Gasteiger partial charge in [0.1, 0.15) is 0 Å². The third kappa shape index (κ3) is 9.37. The Bertz CT molecular complexity index is 297. The Morgan fingerprint density at radius 3 is 2.12 bits per heavy atom. The molecule has 0 aromatic carbocycles. The van der Waals surface area contributed by atoms with E-state index in [1.165, 1.54) is 5.17 Å². The van der Waals surface area contributed by atoms with Crippen LogP contribution in [0.4, 0.5) is 0 Å². The van der Waals surface area contributed by atoms with Gasteiger partial charge in [0.15, 0.2) is 0 Å². The molecule has 5 heteroatoms. The third-order valence-corrected chi connectivity index (χ3v) is 2.97. The number of hydrogen-bond donors (Lipinski definition) is 1. The van der Waals surface area contributed by atoms with E-state index in [0.717, 1.165) is 0 Å². The van der Waals surface area contributed by atoms with Crippen LogP contribution >= 0.6 is 0 Å². The second-order valence-electron chi connectivity index (χ2n) is 2.90. The minimum absolute atomic E-state index is 0. The molecule has 1 aliphatic rings. The fourth-order valence-corrected chi connectivity index (χ4v) is 1.68. The molecule has 0 aliphatic heterocycles. The van der Waals surface area contributed by atoms with Crippen molar-refractivity contribution < 1.29 is 46.5 Å². The summed E-state index contributed by atoms with van der Waals surface area (Å²) in [7, 11) is -0.225. The zero-order chi connectivity index (χ0) is 9.52. The van der Waals surface area contributed by atoms with E-state index < -0.39 is 0 Å². The molecule has 0 radical (unpaired) electrons. The van der Waals surface area contributed by atoms with Gasteiger partial charge in [-0.3, -0.25) is 0 Å². The van der Waals surface area contributed by atoms with Crippen LogP contribution in [0.2, 0.25) is 13.1 Å². The van der Waals surface area contributed by atoms with Crippen molar-refractivity contribution in [1.29, 1.82) is 0 Å². The standard InChI is InChI=1S/C7H9Si.C4H4N.2ClH.Ti/c1-8(2)7-5-3-4-6-7;1-2-4-5-3-1;;;/h3-5H,1-2H3;1-3,5H;2*1H;/q2*-1;;;+4/p-2. The number of nitrogens with one attached hydrogen (secondary N) is 1. The topological polar surface area (TPSA) is 15.8 Å². The van der Waals surface area contributed by atoms with Gasteiger partial charge in [0.25, 0.3) is 0 Å². The largest absolute Gasteiger partial charge is 4.00 e. The van der Waals surface area contributed by atoms with Gasteiger partial charge in [-0.15, -0.1) is 6.20 Å². The monoisotopic (exact) mass is 305 g/mol. The smallest absolute Gasteiger partial charge is 1.00 e. The van der Waals surface area contributed by atoms with E-state index in [1.54, 1.807) is 0 Å². The Morgan fingerprint density at radius 1 is 1.25 bits per heavy atom. The number of hydrogen-bond acceptors (Lipinski definition) is 0. The molecule has 1 heterocycles. The summed E-state index contributed by atoms with van der Waals surface area (Å²) in [6, 6.07) is 3.71. The first-order chi connectivity index (χ1) is 6.30.